The molecule has 7 nitrogen and oxygen atoms in total. The second kappa shape index (κ2) is 8.93. The number of anilines is 1. The molecule has 32 heavy (non-hydrogen) atoms. The Labute approximate surface area is 183 Å². The lowest BCUT2D eigenvalue weighted by Gasteiger charge is -2.29. The number of hydrogen-bond acceptors (Lipinski definition) is 4. The second-order valence-corrected chi connectivity index (χ2v) is 8.34. The van der Waals surface area contributed by atoms with Gasteiger partial charge in [-0.25, -0.2) is 0 Å². The van der Waals surface area contributed by atoms with E-state index in [1.54, 1.807) is 12.3 Å². The molecule has 2 N–H and O–H groups in total. The van der Waals surface area contributed by atoms with Gasteiger partial charge in [0.05, 0.1) is 18.7 Å². The van der Waals surface area contributed by atoms with Crippen LogP contribution in [-0.2, 0) is 24.1 Å². The molecule has 2 aliphatic rings. The number of amides is 2. The molecule has 0 bridgehead atoms. The van der Waals surface area contributed by atoms with Gasteiger partial charge in [-0.05, 0) is 30.0 Å². The lowest BCUT2D eigenvalue weighted by Crippen LogP contribution is -2.45. The monoisotopic (exact) mass is 450 g/mol. The van der Waals surface area contributed by atoms with Gasteiger partial charge in [-0.2, -0.15) is 18.3 Å². The summed E-state index contributed by atoms with van der Waals surface area (Å²) >= 11 is 0. The number of carbonyl (C=O) groups excluding carboxylic acids is 2. The van der Waals surface area contributed by atoms with Crippen molar-refractivity contribution >= 4 is 17.6 Å². The summed E-state index contributed by atoms with van der Waals surface area (Å²) in [4.78, 5) is 27.5. The average molecular weight is 450 g/mol. The number of aromatic nitrogens is 2. The zero-order valence-electron chi connectivity index (χ0n) is 17.4. The molecule has 10 heteroatoms. The van der Waals surface area contributed by atoms with E-state index >= 15 is 0 Å². The van der Waals surface area contributed by atoms with E-state index in [9.17, 15) is 22.8 Å². The number of benzene rings is 1. The van der Waals surface area contributed by atoms with Crippen LogP contribution in [0.5, 0.6) is 0 Å². The number of aliphatic hydroxyl groups excluding tert-OH is 1. The highest BCUT2D eigenvalue weighted by molar-refractivity contribution is 6.03. The SMILES string of the molecule is O=C(Nc1ccn(CCO)n1)[C@H](CC1CCCC1)N1Cc2c(cccc2C(F)(F)F)C1=O. The molecule has 172 valence electrons. The summed E-state index contributed by atoms with van der Waals surface area (Å²) < 4.78 is 42.0. The number of halogens is 3. The van der Waals surface area contributed by atoms with Crippen LogP contribution in [0.3, 0.4) is 0 Å². The van der Waals surface area contributed by atoms with Crippen molar-refractivity contribution in [2.75, 3.05) is 11.9 Å². The molecule has 1 aromatic carbocycles. The molecule has 2 amide bonds. The quantitative estimate of drug-likeness (QED) is 0.677. The predicted octanol–water partition coefficient (Wildman–Crippen LogP) is 3.44. The van der Waals surface area contributed by atoms with Crippen molar-refractivity contribution in [1.82, 2.24) is 14.7 Å². The van der Waals surface area contributed by atoms with E-state index in [1.807, 2.05) is 0 Å². The first-order chi connectivity index (χ1) is 15.3. The molecule has 0 radical (unpaired) electrons. The minimum Gasteiger partial charge on any atom is -0.394 e. The molecule has 1 atom stereocenters. The number of alkyl halides is 3. The molecule has 2 heterocycles. The molecule has 1 saturated carbocycles. The van der Waals surface area contributed by atoms with E-state index in [0.29, 0.717) is 6.42 Å². The highest BCUT2D eigenvalue weighted by atomic mass is 19.4. The van der Waals surface area contributed by atoms with Crippen LogP contribution in [0.1, 0.15) is 53.6 Å². The first-order valence-electron chi connectivity index (χ1n) is 10.7. The molecule has 2 aromatic rings. The average Bonchev–Trinajstić information content (AvgIpc) is 3.47. The highest BCUT2D eigenvalue weighted by Gasteiger charge is 2.43. The van der Waals surface area contributed by atoms with E-state index in [4.69, 9.17) is 5.11 Å². The van der Waals surface area contributed by atoms with Crippen molar-refractivity contribution in [1.29, 1.82) is 0 Å². The number of nitrogens with zero attached hydrogens (tertiary/aromatic N) is 3. The molecule has 4 rings (SSSR count). The van der Waals surface area contributed by atoms with E-state index in [1.165, 1.54) is 21.7 Å². The number of fused-ring (bicyclic) bond motifs is 1. The topological polar surface area (TPSA) is 87.5 Å². The third-order valence-corrected chi connectivity index (χ3v) is 6.23. The predicted molar refractivity (Wildman–Crippen MR) is 110 cm³/mol. The number of aliphatic hydroxyl groups is 1. The maximum atomic E-state index is 13.5. The summed E-state index contributed by atoms with van der Waals surface area (Å²) in [5.41, 5.74) is -0.925. The molecular formula is C22H25F3N4O3. The summed E-state index contributed by atoms with van der Waals surface area (Å²) in [6, 6.07) is 4.25. The molecule has 1 aromatic heterocycles. The van der Waals surface area contributed by atoms with Gasteiger partial charge in [0.15, 0.2) is 5.82 Å². The van der Waals surface area contributed by atoms with Gasteiger partial charge >= 0.3 is 6.18 Å². The maximum absolute atomic E-state index is 13.5. The molecule has 0 saturated heterocycles. The van der Waals surface area contributed by atoms with Gasteiger partial charge in [-0.15, -0.1) is 0 Å². The minimum atomic E-state index is -4.58. The Kier molecular flexibility index (Phi) is 6.23. The Balaban J connectivity index is 1.60. The number of rotatable bonds is 7. The van der Waals surface area contributed by atoms with Gasteiger partial charge in [-0.3, -0.25) is 14.3 Å². The van der Waals surface area contributed by atoms with Crippen molar-refractivity contribution in [3.05, 3.63) is 47.2 Å². The lowest BCUT2D eigenvalue weighted by molar-refractivity contribution is -0.138. The van der Waals surface area contributed by atoms with Crippen LogP contribution >= 0.6 is 0 Å². The van der Waals surface area contributed by atoms with Crippen LogP contribution in [0.15, 0.2) is 30.5 Å². The van der Waals surface area contributed by atoms with Crippen molar-refractivity contribution in [3.8, 4) is 0 Å². The van der Waals surface area contributed by atoms with Crippen LogP contribution in [0.25, 0.3) is 0 Å². The summed E-state index contributed by atoms with van der Waals surface area (Å²) in [6.07, 6.45) is 1.35. The second-order valence-electron chi connectivity index (χ2n) is 8.34. The van der Waals surface area contributed by atoms with Gasteiger partial charge in [-0.1, -0.05) is 31.7 Å². The number of nitrogens with one attached hydrogen (secondary N) is 1. The number of hydrogen-bond donors (Lipinski definition) is 2. The zero-order chi connectivity index (χ0) is 22.9. The van der Waals surface area contributed by atoms with E-state index < -0.39 is 29.6 Å². The van der Waals surface area contributed by atoms with E-state index in [-0.39, 0.29) is 42.6 Å². The summed E-state index contributed by atoms with van der Waals surface area (Å²) in [7, 11) is 0. The molecule has 1 fully saturated rings. The zero-order valence-corrected chi connectivity index (χ0v) is 17.4. The van der Waals surface area contributed by atoms with Crippen LogP contribution in [0.2, 0.25) is 0 Å². The van der Waals surface area contributed by atoms with Crippen LogP contribution < -0.4 is 5.32 Å². The maximum Gasteiger partial charge on any atom is 0.416 e. The fraction of sp³-hybridized carbons (Fsp3) is 0.500. The van der Waals surface area contributed by atoms with Gasteiger partial charge in [0.25, 0.3) is 5.91 Å². The normalized spacial score (nSPS) is 17.6. The Morgan fingerprint density at radius 2 is 2.00 bits per heavy atom. The molecule has 0 unspecified atom stereocenters. The Hall–Kier alpha value is -2.88. The van der Waals surface area contributed by atoms with Crippen molar-refractivity contribution in [3.63, 3.8) is 0 Å². The first-order valence-corrected chi connectivity index (χ1v) is 10.7. The number of carbonyl (C=O) groups is 2. The van der Waals surface area contributed by atoms with Crippen molar-refractivity contribution in [2.24, 2.45) is 5.92 Å². The van der Waals surface area contributed by atoms with E-state index in [0.717, 1.165) is 31.7 Å². The van der Waals surface area contributed by atoms with Gasteiger partial charge in [0.1, 0.15) is 6.04 Å². The summed E-state index contributed by atoms with van der Waals surface area (Å²) in [5, 5.41) is 15.9. The van der Waals surface area contributed by atoms with Gasteiger partial charge in [0.2, 0.25) is 5.91 Å². The van der Waals surface area contributed by atoms with Crippen LogP contribution in [0.4, 0.5) is 19.0 Å². The van der Waals surface area contributed by atoms with Crippen molar-refractivity contribution < 1.29 is 27.9 Å². The Bertz CT molecular complexity index is 999. The Morgan fingerprint density at radius 3 is 2.69 bits per heavy atom. The molecular weight excluding hydrogens is 425 g/mol. The third kappa shape index (κ3) is 4.50. The first kappa shape index (κ1) is 22.3. The smallest absolute Gasteiger partial charge is 0.394 e. The van der Waals surface area contributed by atoms with Gasteiger partial charge in [0, 0.05) is 24.4 Å². The van der Waals surface area contributed by atoms with Crippen molar-refractivity contribution in [2.45, 2.75) is 57.4 Å². The minimum absolute atomic E-state index is 0.00345. The fourth-order valence-electron chi connectivity index (χ4n) is 4.67. The highest BCUT2D eigenvalue weighted by Crippen LogP contribution is 2.39. The summed E-state index contributed by atoms with van der Waals surface area (Å²) in [6.45, 7) is -0.101. The molecule has 1 aliphatic heterocycles. The summed E-state index contributed by atoms with van der Waals surface area (Å²) in [5.74, 6) is -0.535. The largest absolute Gasteiger partial charge is 0.416 e. The molecule has 0 spiro atoms. The standard InChI is InChI=1S/C22H25F3N4O3/c23-22(24,25)17-7-3-6-15-16(17)13-29(21(15)32)18(12-14-4-1-2-5-14)20(31)26-19-8-9-28(27-19)10-11-30/h3,6-9,14,18,30H,1-2,4-5,10-13H2,(H,26,27,31)/t18-/m0/s1. The third-order valence-electron chi connectivity index (χ3n) is 6.23. The Morgan fingerprint density at radius 1 is 1.25 bits per heavy atom. The fourth-order valence-corrected chi connectivity index (χ4v) is 4.67. The van der Waals surface area contributed by atoms with Gasteiger partial charge < -0.3 is 15.3 Å². The van der Waals surface area contributed by atoms with Crippen LogP contribution in [0, 0.1) is 5.92 Å². The van der Waals surface area contributed by atoms with E-state index in [2.05, 4.69) is 10.4 Å². The molecule has 1 aliphatic carbocycles. The van der Waals surface area contributed by atoms with Crippen LogP contribution in [-0.4, -0.2) is 44.3 Å². The lowest BCUT2D eigenvalue weighted by atomic mass is 9.96.